The molecule has 0 aromatic heterocycles. The van der Waals surface area contributed by atoms with E-state index in [1.807, 2.05) is 0 Å². The molecule has 0 bridgehead atoms. The smallest absolute Gasteiger partial charge is 0.0327 e. The average Bonchev–Trinajstić information content (AvgIpc) is 2.03. The van der Waals surface area contributed by atoms with E-state index in [-0.39, 0.29) is 0 Å². The van der Waals surface area contributed by atoms with E-state index in [2.05, 4.69) is 31.8 Å². The van der Waals surface area contributed by atoms with E-state index in [0.717, 1.165) is 6.54 Å². The van der Waals surface area contributed by atoms with Crippen LogP contribution in [0.4, 0.5) is 0 Å². The van der Waals surface area contributed by atoms with Crippen molar-refractivity contribution in [3.63, 3.8) is 0 Å². The minimum atomic E-state index is 0.923. The highest BCUT2D eigenvalue weighted by Crippen LogP contribution is 2.07. The zero-order chi connectivity index (χ0) is 8.53. The van der Waals surface area contributed by atoms with Crippen LogP contribution in [0.2, 0.25) is 0 Å². The Hall–Kier alpha value is -0.720. The molecule has 11 heavy (non-hydrogen) atoms. The third kappa shape index (κ3) is 5.71. The maximum Gasteiger partial charge on any atom is 0.0327 e. The molecule has 0 saturated heterocycles. The Morgan fingerprint density at radius 1 is 1.45 bits per heavy atom. The van der Waals surface area contributed by atoms with Gasteiger partial charge in [0.1, 0.15) is 0 Å². The van der Waals surface area contributed by atoms with Crippen molar-refractivity contribution >= 4 is 0 Å². The quantitative estimate of drug-likeness (QED) is 0.457. The molecule has 0 unspecified atom stereocenters. The zero-order valence-corrected chi connectivity index (χ0v) is 7.69. The SMILES string of the molecule is C=CNC/C=C(/CC)CCC. The highest BCUT2D eigenvalue weighted by atomic mass is 14.8. The monoisotopic (exact) mass is 153 g/mol. The predicted octanol–water partition coefficient (Wildman–Crippen LogP) is 2.86. The first-order valence-corrected chi connectivity index (χ1v) is 4.37. The van der Waals surface area contributed by atoms with Crippen LogP contribution < -0.4 is 5.32 Å². The van der Waals surface area contributed by atoms with Crippen molar-refractivity contribution in [1.82, 2.24) is 5.32 Å². The molecule has 1 heteroatoms. The van der Waals surface area contributed by atoms with Gasteiger partial charge < -0.3 is 5.32 Å². The van der Waals surface area contributed by atoms with Gasteiger partial charge in [-0.25, -0.2) is 0 Å². The lowest BCUT2D eigenvalue weighted by molar-refractivity contribution is 0.842. The van der Waals surface area contributed by atoms with Crippen molar-refractivity contribution < 1.29 is 0 Å². The van der Waals surface area contributed by atoms with Crippen LogP contribution in [0.3, 0.4) is 0 Å². The summed E-state index contributed by atoms with van der Waals surface area (Å²) < 4.78 is 0. The fraction of sp³-hybridized carbons (Fsp3) is 0.600. The van der Waals surface area contributed by atoms with Crippen LogP contribution in [0, 0.1) is 0 Å². The van der Waals surface area contributed by atoms with Gasteiger partial charge in [-0.05, 0) is 19.0 Å². The van der Waals surface area contributed by atoms with Crippen LogP contribution in [-0.2, 0) is 0 Å². The Balaban J connectivity index is 3.60. The third-order valence-corrected chi connectivity index (χ3v) is 1.68. The molecule has 0 aliphatic carbocycles. The first-order valence-electron chi connectivity index (χ1n) is 4.37. The predicted molar refractivity (Wildman–Crippen MR) is 51.5 cm³/mol. The van der Waals surface area contributed by atoms with Crippen LogP contribution in [0.25, 0.3) is 0 Å². The largest absolute Gasteiger partial charge is 0.388 e. The maximum absolute atomic E-state index is 3.59. The third-order valence-electron chi connectivity index (χ3n) is 1.68. The van der Waals surface area contributed by atoms with Gasteiger partial charge >= 0.3 is 0 Å². The average molecular weight is 153 g/mol. The number of hydrogen-bond donors (Lipinski definition) is 1. The minimum Gasteiger partial charge on any atom is -0.388 e. The van der Waals surface area contributed by atoms with Crippen molar-refractivity contribution in [2.24, 2.45) is 0 Å². The van der Waals surface area contributed by atoms with Crippen LogP contribution in [0.5, 0.6) is 0 Å². The summed E-state index contributed by atoms with van der Waals surface area (Å²) in [5, 5.41) is 3.06. The standard InChI is InChI=1S/C10H19N/c1-4-7-10(5-2)8-9-11-6-3/h6,8,11H,3-5,7,9H2,1-2H3/b10-8-. The number of nitrogens with one attached hydrogen (secondary N) is 1. The lowest BCUT2D eigenvalue weighted by atomic mass is 10.1. The van der Waals surface area contributed by atoms with Gasteiger partial charge in [-0.2, -0.15) is 0 Å². The molecule has 0 aromatic rings. The molecule has 1 N–H and O–H groups in total. The molecule has 0 heterocycles. The lowest BCUT2D eigenvalue weighted by Gasteiger charge is -2.01. The number of rotatable bonds is 6. The normalized spacial score (nSPS) is 11.3. The summed E-state index contributed by atoms with van der Waals surface area (Å²) in [4.78, 5) is 0. The number of allylic oxidation sites excluding steroid dienone is 1. The van der Waals surface area contributed by atoms with Crippen molar-refractivity contribution in [3.8, 4) is 0 Å². The van der Waals surface area contributed by atoms with Gasteiger partial charge in [-0.3, -0.25) is 0 Å². The highest BCUT2D eigenvalue weighted by Gasteiger charge is 1.89. The first-order chi connectivity index (χ1) is 5.35. The van der Waals surface area contributed by atoms with E-state index < -0.39 is 0 Å². The molecule has 0 amide bonds. The molecule has 1 nitrogen and oxygen atoms in total. The van der Waals surface area contributed by atoms with Crippen molar-refractivity contribution in [2.75, 3.05) is 6.54 Å². The van der Waals surface area contributed by atoms with E-state index in [9.17, 15) is 0 Å². The van der Waals surface area contributed by atoms with Gasteiger partial charge in [0.25, 0.3) is 0 Å². The summed E-state index contributed by atoms with van der Waals surface area (Å²) in [6.07, 6.45) is 7.64. The Morgan fingerprint density at radius 3 is 2.64 bits per heavy atom. The van der Waals surface area contributed by atoms with Gasteiger partial charge in [-0.15, -0.1) is 0 Å². The summed E-state index contributed by atoms with van der Waals surface area (Å²) in [5.74, 6) is 0. The molecule has 0 saturated carbocycles. The van der Waals surface area contributed by atoms with Gasteiger partial charge in [-0.1, -0.05) is 38.5 Å². The molecule has 0 spiro atoms. The Labute approximate surface area is 70.2 Å². The van der Waals surface area contributed by atoms with Gasteiger partial charge in [0.05, 0.1) is 0 Å². The Bertz CT molecular complexity index is 125. The van der Waals surface area contributed by atoms with E-state index in [1.165, 1.54) is 19.3 Å². The molecule has 0 radical (unpaired) electrons. The van der Waals surface area contributed by atoms with Crippen LogP contribution in [0.15, 0.2) is 24.4 Å². The second-order valence-electron chi connectivity index (χ2n) is 2.58. The summed E-state index contributed by atoms with van der Waals surface area (Å²) in [7, 11) is 0. The molecule has 0 aliphatic heterocycles. The molecule has 64 valence electrons. The Morgan fingerprint density at radius 2 is 2.18 bits per heavy atom. The van der Waals surface area contributed by atoms with Gasteiger partial charge in [0.15, 0.2) is 0 Å². The van der Waals surface area contributed by atoms with Gasteiger partial charge in [0, 0.05) is 6.54 Å². The van der Waals surface area contributed by atoms with Crippen LogP contribution in [-0.4, -0.2) is 6.54 Å². The van der Waals surface area contributed by atoms with Crippen molar-refractivity contribution in [1.29, 1.82) is 0 Å². The molecule has 0 fully saturated rings. The molecule has 0 rings (SSSR count). The maximum atomic E-state index is 3.59. The van der Waals surface area contributed by atoms with Crippen LogP contribution in [0.1, 0.15) is 33.1 Å². The summed E-state index contributed by atoms with van der Waals surface area (Å²) in [5.41, 5.74) is 1.54. The molecular formula is C10H19N. The second-order valence-corrected chi connectivity index (χ2v) is 2.58. The topological polar surface area (TPSA) is 12.0 Å². The van der Waals surface area contributed by atoms with E-state index in [1.54, 1.807) is 11.8 Å². The molecule has 0 aliphatic rings. The van der Waals surface area contributed by atoms with E-state index in [4.69, 9.17) is 0 Å². The van der Waals surface area contributed by atoms with E-state index in [0.29, 0.717) is 0 Å². The van der Waals surface area contributed by atoms with Crippen molar-refractivity contribution in [2.45, 2.75) is 33.1 Å². The highest BCUT2D eigenvalue weighted by molar-refractivity contribution is 5.02. The number of hydrogen-bond acceptors (Lipinski definition) is 1. The first kappa shape index (κ1) is 10.3. The minimum absolute atomic E-state index is 0.923. The van der Waals surface area contributed by atoms with Gasteiger partial charge in [0.2, 0.25) is 0 Å². The lowest BCUT2D eigenvalue weighted by Crippen LogP contribution is -2.03. The zero-order valence-electron chi connectivity index (χ0n) is 7.69. The summed E-state index contributed by atoms with van der Waals surface area (Å²) >= 11 is 0. The second kappa shape index (κ2) is 7.39. The fourth-order valence-corrected chi connectivity index (χ4v) is 1.03. The molecular weight excluding hydrogens is 134 g/mol. The van der Waals surface area contributed by atoms with E-state index >= 15 is 0 Å². The summed E-state index contributed by atoms with van der Waals surface area (Å²) in [6, 6.07) is 0. The Kier molecular flexibility index (Phi) is 6.90. The fourth-order valence-electron chi connectivity index (χ4n) is 1.03. The van der Waals surface area contributed by atoms with Crippen LogP contribution >= 0.6 is 0 Å². The summed E-state index contributed by atoms with van der Waals surface area (Å²) in [6.45, 7) is 8.93. The molecule has 0 aromatic carbocycles. The van der Waals surface area contributed by atoms with Crippen molar-refractivity contribution in [3.05, 3.63) is 24.4 Å². The molecule has 0 atom stereocenters.